The second-order valence-corrected chi connectivity index (χ2v) is 3.99. The van der Waals surface area contributed by atoms with E-state index in [2.05, 4.69) is 20.8 Å². The van der Waals surface area contributed by atoms with Crippen LogP contribution in [0.2, 0.25) is 0 Å². The van der Waals surface area contributed by atoms with Gasteiger partial charge < -0.3 is 5.11 Å². The summed E-state index contributed by atoms with van der Waals surface area (Å²) < 4.78 is 0. The molecule has 0 aliphatic rings. The highest BCUT2D eigenvalue weighted by molar-refractivity contribution is 4.62. The van der Waals surface area contributed by atoms with Crippen LogP contribution in [-0.2, 0) is 0 Å². The van der Waals surface area contributed by atoms with Gasteiger partial charge in [0.1, 0.15) is 0 Å². The van der Waals surface area contributed by atoms with Crippen LogP contribution in [0.4, 0.5) is 0 Å². The minimum absolute atomic E-state index is 0.126. The van der Waals surface area contributed by atoms with Gasteiger partial charge in [0, 0.05) is 0 Å². The molecule has 1 nitrogen and oxygen atoms in total. The molecule has 0 aliphatic heterocycles. The third kappa shape index (κ3) is 6.36. The minimum Gasteiger partial charge on any atom is -0.393 e. The summed E-state index contributed by atoms with van der Waals surface area (Å²) >= 11 is 0. The van der Waals surface area contributed by atoms with Gasteiger partial charge in [-0.05, 0) is 31.6 Å². The van der Waals surface area contributed by atoms with Crippen LogP contribution < -0.4 is 0 Å². The Bertz CT molecular complexity index is 76.9. The minimum atomic E-state index is -0.126. The van der Waals surface area contributed by atoms with Crippen LogP contribution in [0.1, 0.15) is 47.0 Å². The molecule has 0 heterocycles. The van der Waals surface area contributed by atoms with E-state index in [0.29, 0.717) is 0 Å². The smallest absolute Gasteiger partial charge is 0.0514 e. The van der Waals surface area contributed by atoms with E-state index in [0.717, 1.165) is 18.3 Å². The first kappa shape index (κ1) is 11.0. The second kappa shape index (κ2) is 5.59. The maximum absolute atomic E-state index is 9.17. The molecule has 0 bridgehead atoms. The summed E-state index contributed by atoms with van der Waals surface area (Å²) in [5.41, 5.74) is 0. The van der Waals surface area contributed by atoms with Crippen molar-refractivity contribution in [1.82, 2.24) is 0 Å². The molecule has 1 heteroatoms. The molecule has 0 aromatic rings. The van der Waals surface area contributed by atoms with Crippen LogP contribution in [0.25, 0.3) is 0 Å². The average Bonchev–Trinajstić information content (AvgIpc) is 1.84. The molecular formula is C10H22O. The summed E-state index contributed by atoms with van der Waals surface area (Å²) in [6.07, 6.45) is 3.29. The zero-order valence-corrected chi connectivity index (χ0v) is 8.30. The lowest BCUT2D eigenvalue weighted by Gasteiger charge is -2.18. The van der Waals surface area contributed by atoms with Crippen molar-refractivity contribution in [1.29, 1.82) is 0 Å². The van der Waals surface area contributed by atoms with Gasteiger partial charge in [-0.1, -0.05) is 27.2 Å². The zero-order chi connectivity index (χ0) is 8.85. The normalized spacial score (nSPS) is 16.9. The molecule has 1 N–H and O–H groups in total. The second-order valence-electron chi connectivity index (χ2n) is 3.99. The molecule has 11 heavy (non-hydrogen) atoms. The van der Waals surface area contributed by atoms with Gasteiger partial charge in [0.05, 0.1) is 6.10 Å². The van der Waals surface area contributed by atoms with E-state index in [-0.39, 0.29) is 6.10 Å². The monoisotopic (exact) mass is 158 g/mol. The predicted octanol–water partition coefficient (Wildman–Crippen LogP) is 2.83. The summed E-state index contributed by atoms with van der Waals surface area (Å²) in [7, 11) is 0. The molecule has 0 spiro atoms. The maximum Gasteiger partial charge on any atom is 0.0514 e. The van der Waals surface area contributed by atoms with Crippen LogP contribution in [0.5, 0.6) is 0 Å². The molecule has 0 saturated heterocycles. The van der Waals surface area contributed by atoms with Crippen molar-refractivity contribution in [3.63, 3.8) is 0 Å². The highest BCUT2D eigenvalue weighted by Crippen LogP contribution is 2.19. The molecule has 0 radical (unpaired) electrons. The molecular weight excluding hydrogens is 136 g/mol. The number of aliphatic hydroxyl groups is 1. The molecule has 0 aromatic carbocycles. The lowest BCUT2D eigenvalue weighted by Crippen LogP contribution is -2.11. The third-order valence-corrected chi connectivity index (χ3v) is 2.06. The van der Waals surface area contributed by atoms with E-state index in [1.807, 2.05) is 6.92 Å². The molecule has 0 amide bonds. The van der Waals surface area contributed by atoms with Crippen molar-refractivity contribution < 1.29 is 5.11 Å². The first-order valence-electron chi connectivity index (χ1n) is 4.74. The van der Waals surface area contributed by atoms with E-state index < -0.39 is 0 Å². The summed E-state index contributed by atoms with van der Waals surface area (Å²) in [4.78, 5) is 0. The SMILES string of the molecule is CCC(CC(C)C)CC(C)O. The Morgan fingerprint density at radius 1 is 1.09 bits per heavy atom. The Morgan fingerprint density at radius 2 is 1.64 bits per heavy atom. The molecule has 2 unspecified atom stereocenters. The van der Waals surface area contributed by atoms with Gasteiger partial charge in [-0.3, -0.25) is 0 Å². The van der Waals surface area contributed by atoms with Crippen LogP contribution >= 0.6 is 0 Å². The predicted molar refractivity (Wildman–Crippen MR) is 49.5 cm³/mol. The zero-order valence-electron chi connectivity index (χ0n) is 8.30. The first-order valence-corrected chi connectivity index (χ1v) is 4.74. The Morgan fingerprint density at radius 3 is 1.91 bits per heavy atom. The Labute approximate surface area is 70.8 Å². The van der Waals surface area contributed by atoms with Crippen molar-refractivity contribution in [2.24, 2.45) is 11.8 Å². The summed E-state index contributed by atoms with van der Waals surface area (Å²) in [6, 6.07) is 0. The Hall–Kier alpha value is -0.0400. The van der Waals surface area contributed by atoms with E-state index >= 15 is 0 Å². The van der Waals surface area contributed by atoms with Crippen molar-refractivity contribution in [2.45, 2.75) is 53.1 Å². The topological polar surface area (TPSA) is 20.2 Å². The first-order chi connectivity index (χ1) is 5.06. The third-order valence-electron chi connectivity index (χ3n) is 2.06. The fraction of sp³-hybridized carbons (Fsp3) is 1.00. The highest BCUT2D eigenvalue weighted by atomic mass is 16.3. The van der Waals surface area contributed by atoms with Crippen LogP contribution in [0.3, 0.4) is 0 Å². The van der Waals surface area contributed by atoms with E-state index in [9.17, 15) is 0 Å². The van der Waals surface area contributed by atoms with Crippen LogP contribution in [0, 0.1) is 11.8 Å². The molecule has 0 rings (SSSR count). The lowest BCUT2D eigenvalue weighted by molar-refractivity contribution is 0.151. The molecule has 0 aliphatic carbocycles. The van der Waals surface area contributed by atoms with Crippen molar-refractivity contribution in [3.8, 4) is 0 Å². The van der Waals surface area contributed by atoms with Gasteiger partial charge in [-0.15, -0.1) is 0 Å². The van der Waals surface area contributed by atoms with Crippen LogP contribution in [0.15, 0.2) is 0 Å². The van der Waals surface area contributed by atoms with Gasteiger partial charge in [0.2, 0.25) is 0 Å². The van der Waals surface area contributed by atoms with Crippen LogP contribution in [-0.4, -0.2) is 11.2 Å². The summed E-state index contributed by atoms with van der Waals surface area (Å²) in [5, 5.41) is 9.17. The molecule has 0 fully saturated rings. The fourth-order valence-electron chi connectivity index (χ4n) is 1.58. The van der Waals surface area contributed by atoms with Crippen molar-refractivity contribution in [2.75, 3.05) is 0 Å². The fourth-order valence-corrected chi connectivity index (χ4v) is 1.58. The van der Waals surface area contributed by atoms with E-state index in [4.69, 9.17) is 5.11 Å². The lowest BCUT2D eigenvalue weighted by atomic mass is 9.90. The highest BCUT2D eigenvalue weighted by Gasteiger charge is 2.10. The van der Waals surface area contributed by atoms with Gasteiger partial charge in [-0.25, -0.2) is 0 Å². The number of aliphatic hydroxyl groups excluding tert-OH is 1. The largest absolute Gasteiger partial charge is 0.393 e. The maximum atomic E-state index is 9.17. The van der Waals surface area contributed by atoms with Gasteiger partial charge in [0.15, 0.2) is 0 Å². The van der Waals surface area contributed by atoms with Crippen molar-refractivity contribution in [3.05, 3.63) is 0 Å². The average molecular weight is 158 g/mol. The van der Waals surface area contributed by atoms with Gasteiger partial charge in [-0.2, -0.15) is 0 Å². The molecule has 2 atom stereocenters. The van der Waals surface area contributed by atoms with E-state index in [1.54, 1.807) is 0 Å². The summed E-state index contributed by atoms with van der Waals surface area (Å²) in [5.74, 6) is 1.48. The summed E-state index contributed by atoms with van der Waals surface area (Å²) in [6.45, 7) is 8.56. The number of hydrogen-bond acceptors (Lipinski definition) is 1. The molecule has 68 valence electrons. The number of rotatable bonds is 5. The quantitative estimate of drug-likeness (QED) is 0.652. The van der Waals surface area contributed by atoms with Crippen molar-refractivity contribution >= 4 is 0 Å². The van der Waals surface area contributed by atoms with Gasteiger partial charge >= 0.3 is 0 Å². The van der Waals surface area contributed by atoms with Gasteiger partial charge in [0.25, 0.3) is 0 Å². The molecule has 0 aromatic heterocycles. The Kier molecular flexibility index (Phi) is 5.57. The van der Waals surface area contributed by atoms with E-state index in [1.165, 1.54) is 12.8 Å². The standard InChI is InChI=1S/C10H22O/c1-5-10(6-8(2)3)7-9(4)11/h8-11H,5-7H2,1-4H3. The number of hydrogen-bond donors (Lipinski definition) is 1. The molecule has 0 saturated carbocycles. The Balaban J connectivity index is 3.58.